The van der Waals surface area contributed by atoms with Crippen LogP contribution in [0.3, 0.4) is 0 Å². The maximum atomic E-state index is 12.3. The van der Waals surface area contributed by atoms with Crippen molar-refractivity contribution < 1.29 is 14.3 Å². The van der Waals surface area contributed by atoms with Crippen LogP contribution in [0.5, 0.6) is 11.5 Å². The number of ether oxygens (including phenoxy) is 2. The Labute approximate surface area is 156 Å². The van der Waals surface area contributed by atoms with Crippen LogP contribution in [0.2, 0.25) is 0 Å². The number of para-hydroxylation sites is 1. The molecule has 2 aromatic carbocycles. The number of aryl methyl sites for hydroxylation is 1. The van der Waals surface area contributed by atoms with Crippen molar-refractivity contribution in [2.45, 2.75) is 52.6 Å². The second-order valence-corrected chi connectivity index (χ2v) is 6.45. The Balaban J connectivity index is 1.80. The van der Waals surface area contributed by atoms with Crippen LogP contribution in [-0.2, 0) is 4.79 Å². The molecule has 0 aromatic heterocycles. The first-order chi connectivity index (χ1) is 12.6. The smallest absolute Gasteiger partial charge is 0.265 e. The van der Waals surface area contributed by atoms with Gasteiger partial charge in [0.15, 0.2) is 6.10 Å². The summed E-state index contributed by atoms with van der Waals surface area (Å²) >= 11 is 0. The standard InChI is InChI=1S/C22H29NO3/c1-4-5-6-9-16-25-20-14-12-19(13-15-20)23-22(24)18(3)26-21-11-8-7-10-17(21)2/h7-8,10-15,18H,4-6,9,16H2,1-3H3,(H,23,24)/t18-/m1/s1. The number of hydrogen-bond acceptors (Lipinski definition) is 3. The van der Waals surface area contributed by atoms with Gasteiger partial charge in [0, 0.05) is 5.69 Å². The van der Waals surface area contributed by atoms with Crippen molar-refractivity contribution >= 4 is 11.6 Å². The number of benzene rings is 2. The van der Waals surface area contributed by atoms with Crippen molar-refractivity contribution in [2.24, 2.45) is 0 Å². The van der Waals surface area contributed by atoms with E-state index in [2.05, 4.69) is 12.2 Å². The van der Waals surface area contributed by atoms with Crippen molar-refractivity contribution in [2.75, 3.05) is 11.9 Å². The molecule has 1 N–H and O–H groups in total. The molecule has 0 spiro atoms. The lowest BCUT2D eigenvalue weighted by molar-refractivity contribution is -0.122. The SMILES string of the molecule is CCCCCCOc1ccc(NC(=O)[C@@H](C)Oc2ccccc2C)cc1. The highest BCUT2D eigenvalue weighted by Crippen LogP contribution is 2.19. The van der Waals surface area contributed by atoms with E-state index in [-0.39, 0.29) is 5.91 Å². The minimum absolute atomic E-state index is 0.179. The van der Waals surface area contributed by atoms with E-state index in [0.29, 0.717) is 0 Å². The predicted molar refractivity (Wildman–Crippen MR) is 106 cm³/mol. The molecule has 0 saturated carbocycles. The van der Waals surface area contributed by atoms with E-state index >= 15 is 0 Å². The minimum atomic E-state index is -0.578. The van der Waals surface area contributed by atoms with Crippen LogP contribution in [0.4, 0.5) is 5.69 Å². The molecule has 0 fully saturated rings. The molecule has 2 rings (SSSR count). The van der Waals surface area contributed by atoms with Crippen LogP contribution in [0, 0.1) is 6.92 Å². The topological polar surface area (TPSA) is 47.6 Å². The van der Waals surface area contributed by atoms with E-state index in [1.807, 2.05) is 55.5 Å². The number of carbonyl (C=O) groups excluding carboxylic acids is 1. The fourth-order valence-electron chi connectivity index (χ4n) is 2.53. The summed E-state index contributed by atoms with van der Waals surface area (Å²) < 4.78 is 11.5. The van der Waals surface area contributed by atoms with E-state index in [1.165, 1.54) is 19.3 Å². The highest BCUT2D eigenvalue weighted by atomic mass is 16.5. The number of hydrogen-bond donors (Lipinski definition) is 1. The van der Waals surface area contributed by atoms with Crippen LogP contribution in [-0.4, -0.2) is 18.6 Å². The third kappa shape index (κ3) is 6.43. The molecule has 26 heavy (non-hydrogen) atoms. The highest BCUT2D eigenvalue weighted by molar-refractivity contribution is 5.94. The molecule has 0 saturated heterocycles. The summed E-state index contributed by atoms with van der Waals surface area (Å²) in [6.45, 7) is 6.63. The zero-order chi connectivity index (χ0) is 18.8. The minimum Gasteiger partial charge on any atom is -0.494 e. The Bertz CT molecular complexity index is 682. The Morgan fingerprint density at radius 3 is 2.46 bits per heavy atom. The molecule has 4 nitrogen and oxygen atoms in total. The maximum Gasteiger partial charge on any atom is 0.265 e. The van der Waals surface area contributed by atoms with Crippen molar-refractivity contribution in [1.82, 2.24) is 0 Å². The first-order valence-electron chi connectivity index (χ1n) is 9.36. The molecule has 140 valence electrons. The first-order valence-corrected chi connectivity index (χ1v) is 9.36. The lowest BCUT2D eigenvalue weighted by atomic mass is 10.2. The summed E-state index contributed by atoms with van der Waals surface area (Å²) in [6.07, 6.45) is 4.16. The van der Waals surface area contributed by atoms with Crippen molar-refractivity contribution in [3.8, 4) is 11.5 Å². The van der Waals surface area contributed by atoms with Gasteiger partial charge < -0.3 is 14.8 Å². The molecule has 0 unspecified atom stereocenters. The largest absolute Gasteiger partial charge is 0.494 e. The Morgan fingerprint density at radius 2 is 1.77 bits per heavy atom. The molecular formula is C22H29NO3. The van der Waals surface area contributed by atoms with Crippen LogP contribution < -0.4 is 14.8 Å². The Morgan fingerprint density at radius 1 is 1.04 bits per heavy atom. The molecule has 2 aromatic rings. The van der Waals surface area contributed by atoms with E-state index in [4.69, 9.17) is 9.47 Å². The molecule has 0 aliphatic rings. The number of unbranched alkanes of at least 4 members (excludes halogenated alkanes) is 3. The average Bonchev–Trinajstić information content (AvgIpc) is 2.64. The van der Waals surface area contributed by atoms with Gasteiger partial charge in [-0.15, -0.1) is 0 Å². The van der Waals surface area contributed by atoms with E-state index < -0.39 is 6.10 Å². The number of anilines is 1. The zero-order valence-corrected chi connectivity index (χ0v) is 16.0. The van der Waals surface area contributed by atoms with Gasteiger partial charge in [-0.2, -0.15) is 0 Å². The normalized spacial score (nSPS) is 11.7. The summed E-state index contributed by atoms with van der Waals surface area (Å²) in [4.78, 5) is 12.3. The Hall–Kier alpha value is -2.49. The summed E-state index contributed by atoms with van der Waals surface area (Å²) in [6, 6.07) is 15.1. The van der Waals surface area contributed by atoms with E-state index in [9.17, 15) is 4.79 Å². The van der Waals surface area contributed by atoms with Crippen LogP contribution in [0.25, 0.3) is 0 Å². The average molecular weight is 355 g/mol. The summed E-state index contributed by atoms with van der Waals surface area (Å²) in [7, 11) is 0. The molecule has 0 aliphatic heterocycles. The third-order valence-electron chi connectivity index (χ3n) is 4.16. The van der Waals surface area contributed by atoms with Gasteiger partial charge >= 0.3 is 0 Å². The number of nitrogens with one attached hydrogen (secondary N) is 1. The van der Waals surface area contributed by atoms with Gasteiger partial charge in [-0.25, -0.2) is 0 Å². The molecular weight excluding hydrogens is 326 g/mol. The van der Waals surface area contributed by atoms with Crippen LogP contribution >= 0.6 is 0 Å². The third-order valence-corrected chi connectivity index (χ3v) is 4.16. The molecule has 4 heteroatoms. The predicted octanol–water partition coefficient (Wildman–Crippen LogP) is 5.36. The Kier molecular flexibility index (Phi) is 8.00. The van der Waals surface area contributed by atoms with Gasteiger partial charge in [0.2, 0.25) is 0 Å². The van der Waals surface area contributed by atoms with Crippen molar-refractivity contribution in [3.63, 3.8) is 0 Å². The second kappa shape index (κ2) is 10.5. The number of rotatable bonds is 10. The van der Waals surface area contributed by atoms with Gasteiger partial charge in [-0.05, 0) is 56.2 Å². The maximum absolute atomic E-state index is 12.3. The van der Waals surface area contributed by atoms with E-state index in [0.717, 1.165) is 35.8 Å². The zero-order valence-electron chi connectivity index (χ0n) is 16.0. The monoisotopic (exact) mass is 355 g/mol. The quantitative estimate of drug-likeness (QED) is 0.584. The van der Waals surface area contributed by atoms with Crippen LogP contribution in [0.15, 0.2) is 48.5 Å². The van der Waals surface area contributed by atoms with Crippen molar-refractivity contribution in [3.05, 3.63) is 54.1 Å². The molecule has 1 atom stereocenters. The van der Waals surface area contributed by atoms with Gasteiger partial charge in [0.25, 0.3) is 5.91 Å². The summed E-state index contributed by atoms with van der Waals surface area (Å²) in [5, 5.41) is 2.87. The first kappa shape index (κ1) is 19.8. The van der Waals surface area contributed by atoms with Gasteiger partial charge in [0.05, 0.1) is 6.61 Å². The van der Waals surface area contributed by atoms with Gasteiger partial charge in [-0.1, -0.05) is 44.4 Å². The lowest BCUT2D eigenvalue weighted by Crippen LogP contribution is -2.30. The fraction of sp³-hybridized carbons (Fsp3) is 0.409. The second-order valence-electron chi connectivity index (χ2n) is 6.45. The molecule has 1 amide bonds. The highest BCUT2D eigenvalue weighted by Gasteiger charge is 2.15. The molecule has 0 bridgehead atoms. The van der Waals surface area contributed by atoms with Gasteiger partial charge in [-0.3, -0.25) is 4.79 Å². The van der Waals surface area contributed by atoms with E-state index in [1.54, 1.807) is 6.92 Å². The number of amides is 1. The molecule has 0 aliphatic carbocycles. The summed E-state index contributed by atoms with van der Waals surface area (Å²) in [5.41, 5.74) is 1.74. The van der Waals surface area contributed by atoms with Crippen LogP contribution in [0.1, 0.15) is 45.1 Å². The van der Waals surface area contributed by atoms with Crippen molar-refractivity contribution in [1.29, 1.82) is 0 Å². The lowest BCUT2D eigenvalue weighted by Gasteiger charge is -2.16. The number of carbonyl (C=O) groups is 1. The fourth-order valence-corrected chi connectivity index (χ4v) is 2.53. The summed E-state index contributed by atoms with van der Waals surface area (Å²) in [5.74, 6) is 1.37. The molecule has 0 heterocycles. The van der Waals surface area contributed by atoms with Gasteiger partial charge in [0.1, 0.15) is 11.5 Å². The molecule has 0 radical (unpaired) electrons.